The van der Waals surface area contributed by atoms with Crippen molar-refractivity contribution in [3.63, 3.8) is 0 Å². The summed E-state index contributed by atoms with van der Waals surface area (Å²) in [4.78, 5) is 0. The minimum Gasteiger partial charge on any atom is -0.317 e. The molecule has 96 valence electrons. The molecule has 1 aliphatic rings. The fraction of sp³-hybridized carbons (Fsp3) is 1.00. The van der Waals surface area contributed by atoms with Gasteiger partial charge < -0.3 is 10.6 Å². The molecule has 2 heteroatoms. The van der Waals surface area contributed by atoms with Gasteiger partial charge in [0.05, 0.1) is 0 Å². The molecule has 0 bridgehead atoms. The smallest absolute Gasteiger partial charge is 0.000778 e. The molecular formula is C14H30N2. The van der Waals surface area contributed by atoms with Gasteiger partial charge in [0.1, 0.15) is 0 Å². The average molecular weight is 226 g/mol. The predicted octanol–water partition coefficient (Wildman–Crippen LogP) is 2.79. The van der Waals surface area contributed by atoms with Crippen LogP contribution >= 0.6 is 0 Å². The molecule has 0 aliphatic carbocycles. The van der Waals surface area contributed by atoms with Crippen molar-refractivity contribution in [1.82, 2.24) is 10.6 Å². The van der Waals surface area contributed by atoms with E-state index in [2.05, 4.69) is 24.5 Å². The molecule has 16 heavy (non-hydrogen) atoms. The summed E-state index contributed by atoms with van der Waals surface area (Å²) >= 11 is 0. The first-order chi connectivity index (χ1) is 7.79. The van der Waals surface area contributed by atoms with Crippen LogP contribution in [0.4, 0.5) is 0 Å². The van der Waals surface area contributed by atoms with Crippen LogP contribution in [0.15, 0.2) is 0 Å². The van der Waals surface area contributed by atoms with Gasteiger partial charge in [-0.2, -0.15) is 0 Å². The topological polar surface area (TPSA) is 24.1 Å². The lowest BCUT2D eigenvalue weighted by atomic mass is 9.99. The fourth-order valence-corrected chi connectivity index (χ4v) is 2.14. The SMILES string of the molecule is CC(C)CCCCCCNCCC1CNC1. The molecule has 0 radical (unpaired) electrons. The molecule has 0 aromatic carbocycles. The van der Waals surface area contributed by atoms with E-state index in [1.54, 1.807) is 0 Å². The van der Waals surface area contributed by atoms with Crippen molar-refractivity contribution in [3.8, 4) is 0 Å². The standard InChI is InChI=1S/C14H30N2/c1-13(2)7-5-3-4-6-9-15-10-8-14-11-16-12-14/h13-16H,3-12H2,1-2H3. The highest BCUT2D eigenvalue weighted by Crippen LogP contribution is 2.09. The van der Waals surface area contributed by atoms with E-state index in [0.29, 0.717) is 0 Å². The molecule has 2 nitrogen and oxygen atoms in total. The molecule has 0 saturated carbocycles. The molecule has 0 atom stereocenters. The van der Waals surface area contributed by atoms with Gasteiger partial charge in [-0.1, -0.05) is 39.5 Å². The number of hydrogen-bond acceptors (Lipinski definition) is 2. The Morgan fingerprint density at radius 3 is 2.44 bits per heavy atom. The van der Waals surface area contributed by atoms with Gasteiger partial charge in [-0.15, -0.1) is 0 Å². The lowest BCUT2D eigenvalue weighted by molar-refractivity contribution is 0.322. The van der Waals surface area contributed by atoms with Crippen LogP contribution in [0.3, 0.4) is 0 Å². The highest BCUT2D eigenvalue weighted by Gasteiger charge is 2.14. The van der Waals surface area contributed by atoms with Crippen molar-refractivity contribution >= 4 is 0 Å². The number of unbranched alkanes of at least 4 members (excludes halogenated alkanes) is 3. The van der Waals surface area contributed by atoms with Crippen molar-refractivity contribution in [3.05, 3.63) is 0 Å². The summed E-state index contributed by atoms with van der Waals surface area (Å²) < 4.78 is 0. The third kappa shape index (κ3) is 7.24. The van der Waals surface area contributed by atoms with E-state index in [1.165, 1.54) is 64.7 Å². The first-order valence-corrected chi connectivity index (χ1v) is 7.20. The second-order valence-electron chi connectivity index (χ2n) is 5.66. The maximum atomic E-state index is 3.56. The van der Waals surface area contributed by atoms with E-state index in [4.69, 9.17) is 0 Å². The quantitative estimate of drug-likeness (QED) is 0.560. The van der Waals surface area contributed by atoms with Gasteiger partial charge in [-0.05, 0) is 50.9 Å². The minimum atomic E-state index is 0.884. The summed E-state index contributed by atoms with van der Waals surface area (Å²) in [5.41, 5.74) is 0. The van der Waals surface area contributed by atoms with Crippen LogP contribution in [-0.4, -0.2) is 26.2 Å². The van der Waals surface area contributed by atoms with E-state index < -0.39 is 0 Å². The Kier molecular flexibility index (Phi) is 7.87. The fourth-order valence-electron chi connectivity index (χ4n) is 2.14. The van der Waals surface area contributed by atoms with Gasteiger partial charge in [-0.25, -0.2) is 0 Å². The number of nitrogens with one attached hydrogen (secondary N) is 2. The van der Waals surface area contributed by atoms with Crippen LogP contribution in [0.5, 0.6) is 0 Å². The predicted molar refractivity (Wildman–Crippen MR) is 71.8 cm³/mol. The highest BCUT2D eigenvalue weighted by molar-refractivity contribution is 4.74. The molecule has 1 saturated heterocycles. The summed E-state index contributed by atoms with van der Waals surface area (Å²) in [5.74, 6) is 1.84. The van der Waals surface area contributed by atoms with Crippen LogP contribution in [0.2, 0.25) is 0 Å². The van der Waals surface area contributed by atoms with E-state index in [9.17, 15) is 0 Å². The van der Waals surface area contributed by atoms with Crippen LogP contribution < -0.4 is 10.6 Å². The van der Waals surface area contributed by atoms with Gasteiger partial charge in [0, 0.05) is 0 Å². The van der Waals surface area contributed by atoms with E-state index in [-0.39, 0.29) is 0 Å². The minimum absolute atomic E-state index is 0.884. The molecule has 1 fully saturated rings. The molecular weight excluding hydrogens is 196 g/mol. The van der Waals surface area contributed by atoms with Crippen LogP contribution in [0, 0.1) is 11.8 Å². The Morgan fingerprint density at radius 2 is 1.81 bits per heavy atom. The zero-order chi connectivity index (χ0) is 11.6. The lowest BCUT2D eigenvalue weighted by Gasteiger charge is -2.26. The summed E-state index contributed by atoms with van der Waals surface area (Å²) in [5, 5.41) is 6.87. The lowest BCUT2D eigenvalue weighted by Crippen LogP contribution is -2.43. The number of rotatable bonds is 10. The Hall–Kier alpha value is -0.0800. The Balaban J connectivity index is 1.68. The Morgan fingerprint density at radius 1 is 1.06 bits per heavy atom. The van der Waals surface area contributed by atoms with Crippen molar-refractivity contribution in [2.75, 3.05) is 26.2 Å². The van der Waals surface area contributed by atoms with E-state index >= 15 is 0 Å². The van der Waals surface area contributed by atoms with Crippen LogP contribution in [0.25, 0.3) is 0 Å². The summed E-state index contributed by atoms with van der Waals surface area (Å²) in [6.45, 7) is 9.57. The van der Waals surface area contributed by atoms with E-state index in [1.807, 2.05) is 0 Å². The highest BCUT2D eigenvalue weighted by atomic mass is 15.0. The van der Waals surface area contributed by atoms with Gasteiger partial charge in [-0.3, -0.25) is 0 Å². The van der Waals surface area contributed by atoms with Crippen molar-refractivity contribution in [2.45, 2.75) is 52.4 Å². The maximum absolute atomic E-state index is 3.56. The summed E-state index contributed by atoms with van der Waals surface area (Å²) in [6.07, 6.45) is 8.38. The van der Waals surface area contributed by atoms with Crippen LogP contribution in [-0.2, 0) is 0 Å². The molecule has 1 heterocycles. The third-order valence-corrected chi connectivity index (χ3v) is 3.48. The normalized spacial score (nSPS) is 16.7. The molecule has 1 rings (SSSR count). The van der Waals surface area contributed by atoms with Gasteiger partial charge in [0.25, 0.3) is 0 Å². The molecule has 1 aliphatic heterocycles. The molecule has 0 aromatic heterocycles. The monoisotopic (exact) mass is 226 g/mol. The molecule has 0 aromatic rings. The Labute approximate surface area is 102 Å². The Bertz CT molecular complexity index is 153. The molecule has 0 unspecified atom stereocenters. The average Bonchev–Trinajstić information content (AvgIpc) is 2.17. The molecule has 0 amide bonds. The second-order valence-corrected chi connectivity index (χ2v) is 5.66. The van der Waals surface area contributed by atoms with Crippen molar-refractivity contribution < 1.29 is 0 Å². The van der Waals surface area contributed by atoms with Gasteiger partial charge in [0.2, 0.25) is 0 Å². The van der Waals surface area contributed by atoms with Crippen molar-refractivity contribution in [1.29, 1.82) is 0 Å². The zero-order valence-corrected chi connectivity index (χ0v) is 11.2. The largest absolute Gasteiger partial charge is 0.317 e. The third-order valence-electron chi connectivity index (χ3n) is 3.48. The molecule has 2 N–H and O–H groups in total. The molecule has 0 spiro atoms. The van der Waals surface area contributed by atoms with Gasteiger partial charge >= 0.3 is 0 Å². The second kappa shape index (κ2) is 9.00. The maximum Gasteiger partial charge on any atom is -0.000778 e. The summed E-state index contributed by atoms with van der Waals surface area (Å²) in [6, 6.07) is 0. The van der Waals surface area contributed by atoms with Crippen LogP contribution in [0.1, 0.15) is 52.4 Å². The number of hydrogen-bond donors (Lipinski definition) is 2. The zero-order valence-electron chi connectivity index (χ0n) is 11.2. The first kappa shape index (κ1) is 14.0. The van der Waals surface area contributed by atoms with Crippen molar-refractivity contribution in [2.24, 2.45) is 11.8 Å². The first-order valence-electron chi connectivity index (χ1n) is 7.20. The van der Waals surface area contributed by atoms with Gasteiger partial charge in [0.15, 0.2) is 0 Å². The van der Waals surface area contributed by atoms with E-state index in [0.717, 1.165) is 11.8 Å². The summed E-state index contributed by atoms with van der Waals surface area (Å²) in [7, 11) is 0.